The summed E-state index contributed by atoms with van der Waals surface area (Å²) in [5.74, 6) is 1.11. The topological polar surface area (TPSA) is 75.4 Å². The number of rotatable bonds is 6. The highest BCUT2D eigenvalue weighted by Crippen LogP contribution is 2.60. The average Bonchev–Trinajstić information content (AvgIpc) is 3.29. The first-order valence-electron chi connectivity index (χ1n) is 7.50. The predicted octanol–water partition coefficient (Wildman–Crippen LogP) is 0.682. The van der Waals surface area contributed by atoms with E-state index in [1.54, 1.807) is 4.31 Å². The molecule has 19 heavy (non-hydrogen) atoms. The largest absolute Gasteiger partial charge is 0.330 e. The van der Waals surface area contributed by atoms with Crippen LogP contribution in [0.25, 0.3) is 0 Å². The second kappa shape index (κ2) is 4.98. The normalized spacial score (nSPS) is 31.3. The second-order valence-corrected chi connectivity index (χ2v) is 8.32. The lowest BCUT2D eigenvalue weighted by Gasteiger charge is -2.31. The van der Waals surface area contributed by atoms with Crippen molar-refractivity contribution in [2.45, 2.75) is 38.5 Å². The molecule has 3 fully saturated rings. The molecular weight excluding hydrogens is 262 g/mol. The zero-order valence-corrected chi connectivity index (χ0v) is 12.3. The molecule has 3 rings (SSSR count). The molecular formula is C13H25N3O2S. The van der Waals surface area contributed by atoms with Gasteiger partial charge in [-0.05, 0) is 62.3 Å². The summed E-state index contributed by atoms with van der Waals surface area (Å²) in [6, 6.07) is 0. The Morgan fingerprint density at radius 1 is 1.26 bits per heavy atom. The van der Waals surface area contributed by atoms with Crippen molar-refractivity contribution >= 4 is 10.2 Å². The summed E-state index contributed by atoms with van der Waals surface area (Å²) in [5.41, 5.74) is 5.98. The Hall–Kier alpha value is -0.170. The third kappa shape index (κ3) is 2.96. The molecule has 1 atom stereocenters. The van der Waals surface area contributed by atoms with Crippen molar-refractivity contribution in [1.82, 2.24) is 9.03 Å². The summed E-state index contributed by atoms with van der Waals surface area (Å²) in [5, 5.41) is 0. The smallest absolute Gasteiger partial charge is 0.279 e. The van der Waals surface area contributed by atoms with E-state index in [-0.39, 0.29) is 0 Å². The number of hydrogen-bond donors (Lipinski definition) is 2. The fourth-order valence-corrected chi connectivity index (χ4v) is 4.78. The molecule has 6 heteroatoms. The Bertz CT molecular complexity index is 429. The highest BCUT2D eigenvalue weighted by Gasteiger charge is 2.53. The molecule has 1 aliphatic heterocycles. The minimum Gasteiger partial charge on any atom is -0.330 e. The van der Waals surface area contributed by atoms with Crippen LogP contribution in [0.4, 0.5) is 0 Å². The van der Waals surface area contributed by atoms with Crippen LogP contribution in [0.2, 0.25) is 0 Å². The lowest BCUT2D eigenvalue weighted by atomic mass is 10.0. The van der Waals surface area contributed by atoms with Crippen molar-refractivity contribution in [2.24, 2.45) is 23.0 Å². The highest BCUT2D eigenvalue weighted by atomic mass is 32.2. The summed E-state index contributed by atoms with van der Waals surface area (Å²) in [6.07, 6.45) is 6.96. The van der Waals surface area contributed by atoms with Gasteiger partial charge in [-0.3, -0.25) is 0 Å². The molecule has 0 aromatic heterocycles. The van der Waals surface area contributed by atoms with E-state index in [4.69, 9.17) is 5.73 Å². The molecule has 110 valence electrons. The number of nitrogens with zero attached hydrogens (tertiary/aromatic N) is 1. The maximum atomic E-state index is 12.3. The van der Waals surface area contributed by atoms with Gasteiger partial charge in [0.05, 0.1) is 0 Å². The van der Waals surface area contributed by atoms with Crippen LogP contribution in [0.5, 0.6) is 0 Å². The average molecular weight is 287 g/mol. The van der Waals surface area contributed by atoms with Crippen LogP contribution in [0.1, 0.15) is 38.5 Å². The van der Waals surface area contributed by atoms with Crippen molar-refractivity contribution < 1.29 is 8.42 Å². The van der Waals surface area contributed by atoms with Crippen LogP contribution in [0.15, 0.2) is 0 Å². The molecule has 0 amide bonds. The van der Waals surface area contributed by atoms with Gasteiger partial charge in [0.15, 0.2) is 0 Å². The molecule has 0 aromatic carbocycles. The summed E-state index contributed by atoms with van der Waals surface area (Å²) < 4.78 is 29.1. The van der Waals surface area contributed by atoms with E-state index in [2.05, 4.69) is 4.72 Å². The van der Waals surface area contributed by atoms with Crippen LogP contribution in [-0.2, 0) is 10.2 Å². The Labute approximate surface area is 116 Å². The first kappa shape index (κ1) is 13.8. The fraction of sp³-hybridized carbons (Fsp3) is 1.00. The van der Waals surface area contributed by atoms with E-state index in [0.717, 1.165) is 18.8 Å². The Morgan fingerprint density at radius 2 is 2.00 bits per heavy atom. The van der Waals surface area contributed by atoms with Crippen molar-refractivity contribution in [3.8, 4) is 0 Å². The first-order chi connectivity index (χ1) is 9.06. The van der Waals surface area contributed by atoms with Crippen molar-refractivity contribution in [3.05, 3.63) is 0 Å². The van der Waals surface area contributed by atoms with Gasteiger partial charge < -0.3 is 5.73 Å². The van der Waals surface area contributed by atoms with Crippen LogP contribution in [0, 0.1) is 17.3 Å². The molecule has 1 unspecified atom stereocenters. The maximum Gasteiger partial charge on any atom is 0.279 e. The maximum absolute atomic E-state index is 12.3. The molecule has 5 nitrogen and oxygen atoms in total. The van der Waals surface area contributed by atoms with E-state index < -0.39 is 10.2 Å². The van der Waals surface area contributed by atoms with Crippen LogP contribution >= 0.6 is 0 Å². The van der Waals surface area contributed by atoms with E-state index in [1.807, 2.05) is 0 Å². The zero-order chi connectivity index (χ0) is 13.5. The first-order valence-corrected chi connectivity index (χ1v) is 8.94. The fourth-order valence-electron chi connectivity index (χ4n) is 3.35. The van der Waals surface area contributed by atoms with Gasteiger partial charge in [0.2, 0.25) is 0 Å². The predicted molar refractivity (Wildman–Crippen MR) is 74.7 cm³/mol. The van der Waals surface area contributed by atoms with Crippen LogP contribution in [-0.4, -0.2) is 38.9 Å². The Morgan fingerprint density at radius 3 is 2.58 bits per heavy atom. The number of nitrogens with two attached hydrogens (primary N) is 1. The Balaban J connectivity index is 1.56. The number of piperidine rings is 1. The zero-order valence-electron chi connectivity index (χ0n) is 11.5. The van der Waals surface area contributed by atoms with Crippen LogP contribution < -0.4 is 10.5 Å². The van der Waals surface area contributed by atoms with E-state index in [9.17, 15) is 8.42 Å². The van der Waals surface area contributed by atoms with Gasteiger partial charge in [0.1, 0.15) is 0 Å². The Kier molecular flexibility index (Phi) is 3.62. The van der Waals surface area contributed by atoms with E-state index in [0.29, 0.717) is 37.5 Å². The van der Waals surface area contributed by atoms with Gasteiger partial charge in [-0.15, -0.1) is 0 Å². The van der Waals surface area contributed by atoms with Crippen molar-refractivity contribution in [2.75, 3.05) is 26.2 Å². The molecule has 0 bridgehead atoms. The summed E-state index contributed by atoms with van der Waals surface area (Å²) in [6.45, 7) is 2.45. The third-order valence-corrected chi connectivity index (χ3v) is 6.62. The number of hydrogen-bond acceptors (Lipinski definition) is 3. The summed E-state index contributed by atoms with van der Waals surface area (Å²) in [4.78, 5) is 0. The SMILES string of the molecule is NCC1CCCN(S(=O)(=O)NCC2(C3CC3)CC2)C1. The third-order valence-electron chi connectivity index (χ3n) is 5.10. The number of nitrogens with one attached hydrogen (secondary N) is 1. The van der Waals surface area contributed by atoms with Crippen molar-refractivity contribution in [3.63, 3.8) is 0 Å². The molecule has 1 heterocycles. The highest BCUT2D eigenvalue weighted by molar-refractivity contribution is 7.87. The lowest BCUT2D eigenvalue weighted by molar-refractivity contribution is 0.267. The molecule has 0 aromatic rings. The van der Waals surface area contributed by atoms with Crippen molar-refractivity contribution in [1.29, 1.82) is 0 Å². The lowest BCUT2D eigenvalue weighted by Crippen LogP contribution is -2.48. The molecule has 0 radical (unpaired) electrons. The molecule has 2 saturated carbocycles. The molecule has 2 aliphatic carbocycles. The van der Waals surface area contributed by atoms with Crippen LogP contribution in [0.3, 0.4) is 0 Å². The second-order valence-electron chi connectivity index (χ2n) is 6.56. The van der Waals surface area contributed by atoms with Gasteiger partial charge in [0, 0.05) is 19.6 Å². The minimum absolute atomic E-state index is 0.316. The van der Waals surface area contributed by atoms with Gasteiger partial charge in [0.25, 0.3) is 10.2 Å². The minimum atomic E-state index is -3.30. The van der Waals surface area contributed by atoms with Gasteiger partial charge in [-0.1, -0.05) is 0 Å². The monoisotopic (exact) mass is 287 g/mol. The molecule has 0 spiro atoms. The molecule has 1 saturated heterocycles. The standard InChI is InChI=1S/C13H25N3O2S/c14-8-11-2-1-7-16(9-11)19(17,18)15-10-13(5-6-13)12-3-4-12/h11-12,15H,1-10,14H2. The van der Waals surface area contributed by atoms with Gasteiger partial charge >= 0.3 is 0 Å². The molecule has 3 aliphatic rings. The summed E-state index contributed by atoms with van der Waals surface area (Å²) >= 11 is 0. The van der Waals surface area contributed by atoms with Gasteiger partial charge in [-0.25, -0.2) is 4.72 Å². The van der Waals surface area contributed by atoms with E-state index >= 15 is 0 Å². The van der Waals surface area contributed by atoms with E-state index in [1.165, 1.54) is 25.7 Å². The van der Waals surface area contributed by atoms with Gasteiger partial charge in [-0.2, -0.15) is 12.7 Å². The molecule has 3 N–H and O–H groups in total. The quantitative estimate of drug-likeness (QED) is 0.754. The summed E-state index contributed by atoms with van der Waals surface area (Å²) in [7, 11) is -3.30.